The van der Waals surface area contributed by atoms with Crippen LogP contribution in [0.2, 0.25) is 0 Å². The molecule has 1 aliphatic rings. The van der Waals surface area contributed by atoms with Crippen molar-refractivity contribution < 1.29 is 9.47 Å². The minimum Gasteiger partial charge on any atom is -0.378 e. The first-order valence-corrected chi connectivity index (χ1v) is 6.98. The number of ether oxygens (including phenoxy) is 2. The second-order valence-electron chi connectivity index (χ2n) is 5.67. The topological polar surface area (TPSA) is 65.4 Å². The summed E-state index contributed by atoms with van der Waals surface area (Å²) in [5, 5.41) is 3.11. The van der Waals surface area contributed by atoms with Crippen molar-refractivity contribution in [1.82, 2.24) is 9.55 Å². The molecule has 112 valence electrons. The molecule has 0 radical (unpaired) electrons. The molecular formula is C14H23N3O3. The number of anilines is 1. The van der Waals surface area contributed by atoms with E-state index in [0.717, 1.165) is 6.42 Å². The Balaban J connectivity index is 2.08. The molecule has 0 saturated carbocycles. The van der Waals surface area contributed by atoms with Crippen molar-refractivity contribution in [3.8, 4) is 0 Å². The molecule has 2 rings (SSSR count). The minimum atomic E-state index is -0.354. The van der Waals surface area contributed by atoms with Crippen LogP contribution in [0.3, 0.4) is 0 Å². The molecule has 1 aromatic heterocycles. The van der Waals surface area contributed by atoms with Crippen molar-refractivity contribution in [2.45, 2.75) is 32.4 Å². The quantitative estimate of drug-likeness (QED) is 0.846. The molecule has 6 nitrogen and oxygen atoms in total. The van der Waals surface area contributed by atoms with Crippen molar-refractivity contribution in [3.63, 3.8) is 0 Å². The molecule has 1 saturated heterocycles. The van der Waals surface area contributed by atoms with E-state index in [1.165, 1.54) is 0 Å². The van der Waals surface area contributed by atoms with Gasteiger partial charge in [-0.25, -0.2) is 4.98 Å². The number of rotatable bonds is 6. The predicted octanol–water partition coefficient (Wildman–Crippen LogP) is 1.12. The Labute approximate surface area is 119 Å². The first-order valence-electron chi connectivity index (χ1n) is 6.98. The van der Waals surface area contributed by atoms with Crippen molar-refractivity contribution in [1.29, 1.82) is 0 Å². The number of nitrogens with zero attached hydrogens (tertiary/aromatic N) is 2. The molecule has 0 amide bonds. The molecule has 1 aromatic rings. The lowest BCUT2D eigenvalue weighted by Crippen LogP contribution is -2.41. The summed E-state index contributed by atoms with van der Waals surface area (Å²) < 4.78 is 12.6. The fourth-order valence-electron chi connectivity index (χ4n) is 2.31. The number of hydrogen-bond donors (Lipinski definition) is 1. The summed E-state index contributed by atoms with van der Waals surface area (Å²) in [6.07, 6.45) is 4.19. The van der Waals surface area contributed by atoms with Gasteiger partial charge in [0.15, 0.2) is 5.82 Å². The van der Waals surface area contributed by atoms with E-state index < -0.39 is 0 Å². The van der Waals surface area contributed by atoms with E-state index in [1.54, 1.807) is 24.1 Å². The highest BCUT2D eigenvalue weighted by Gasteiger charge is 2.35. The van der Waals surface area contributed by atoms with Gasteiger partial charge in [0.2, 0.25) is 0 Å². The summed E-state index contributed by atoms with van der Waals surface area (Å²) in [6, 6.07) is 0. The molecule has 1 atom stereocenters. The SMILES string of the molecule is COC1(CNc2nccn(CC(C)C)c2=O)CCOC1. The number of methoxy groups -OCH3 is 1. The maximum absolute atomic E-state index is 12.3. The Kier molecular flexibility index (Phi) is 4.77. The highest BCUT2D eigenvalue weighted by atomic mass is 16.5. The Bertz CT molecular complexity index is 493. The van der Waals surface area contributed by atoms with Gasteiger partial charge in [-0.05, 0) is 5.92 Å². The summed E-state index contributed by atoms with van der Waals surface area (Å²) >= 11 is 0. The molecule has 0 bridgehead atoms. The first-order chi connectivity index (χ1) is 9.56. The maximum atomic E-state index is 12.3. The largest absolute Gasteiger partial charge is 0.378 e. The molecule has 0 aromatic carbocycles. The molecule has 2 heterocycles. The van der Waals surface area contributed by atoms with Crippen molar-refractivity contribution in [3.05, 3.63) is 22.7 Å². The van der Waals surface area contributed by atoms with Gasteiger partial charge in [-0.3, -0.25) is 4.79 Å². The summed E-state index contributed by atoms with van der Waals surface area (Å²) in [7, 11) is 1.67. The monoisotopic (exact) mass is 281 g/mol. The van der Waals surface area contributed by atoms with Gasteiger partial charge in [-0.1, -0.05) is 13.8 Å². The van der Waals surface area contributed by atoms with Gasteiger partial charge in [0, 0.05) is 45.6 Å². The third-order valence-corrected chi connectivity index (χ3v) is 3.55. The Morgan fingerprint density at radius 1 is 1.60 bits per heavy atom. The van der Waals surface area contributed by atoms with Crippen molar-refractivity contribution >= 4 is 5.82 Å². The smallest absolute Gasteiger partial charge is 0.293 e. The maximum Gasteiger partial charge on any atom is 0.293 e. The van der Waals surface area contributed by atoms with E-state index >= 15 is 0 Å². The first kappa shape index (κ1) is 15.0. The molecule has 0 spiro atoms. The lowest BCUT2D eigenvalue weighted by molar-refractivity contribution is -0.00627. The third-order valence-electron chi connectivity index (χ3n) is 3.55. The van der Waals surface area contributed by atoms with Crippen LogP contribution in [0, 0.1) is 5.92 Å². The van der Waals surface area contributed by atoms with Crippen LogP contribution in [0.1, 0.15) is 20.3 Å². The highest BCUT2D eigenvalue weighted by molar-refractivity contribution is 5.31. The van der Waals surface area contributed by atoms with Crippen LogP contribution in [0.5, 0.6) is 0 Å². The normalized spacial score (nSPS) is 22.4. The van der Waals surface area contributed by atoms with Crippen LogP contribution in [-0.2, 0) is 16.0 Å². The Morgan fingerprint density at radius 3 is 3.00 bits per heavy atom. The number of nitrogens with one attached hydrogen (secondary N) is 1. The molecule has 6 heteroatoms. The van der Waals surface area contributed by atoms with Gasteiger partial charge in [0.05, 0.1) is 6.61 Å². The van der Waals surface area contributed by atoms with Crippen LogP contribution in [-0.4, -0.2) is 42.0 Å². The lowest BCUT2D eigenvalue weighted by atomic mass is 10.0. The van der Waals surface area contributed by atoms with E-state index in [1.807, 2.05) is 0 Å². The van der Waals surface area contributed by atoms with Crippen molar-refractivity contribution in [2.24, 2.45) is 5.92 Å². The molecule has 1 unspecified atom stereocenters. The van der Waals surface area contributed by atoms with E-state index in [0.29, 0.717) is 38.0 Å². The van der Waals surface area contributed by atoms with Crippen LogP contribution in [0.4, 0.5) is 5.82 Å². The second-order valence-corrected chi connectivity index (χ2v) is 5.67. The summed E-state index contributed by atoms with van der Waals surface area (Å²) in [5.74, 6) is 0.785. The average Bonchev–Trinajstić information content (AvgIpc) is 2.89. The van der Waals surface area contributed by atoms with Crippen LogP contribution >= 0.6 is 0 Å². The average molecular weight is 281 g/mol. The predicted molar refractivity (Wildman–Crippen MR) is 77.0 cm³/mol. The Hall–Kier alpha value is -1.40. The van der Waals surface area contributed by atoms with E-state index in [-0.39, 0.29) is 11.2 Å². The Morgan fingerprint density at radius 2 is 2.40 bits per heavy atom. The molecule has 0 aliphatic carbocycles. The fourth-order valence-corrected chi connectivity index (χ4v) is 2.31. The van der Waals surface area contributed by atoms with E-state index in [9.17, 15) is 4.79 Å². The minimum absolute atomic E-state index is 0.0913. The summed E-state index contributed by atoms with van der Waals surface area (Å²) in [5.41, 5.74) is -0.446. The van der Waals surface area contributed by atoms with Crippen LogP contribution < -0.4 is 10.9 Å². The van der Waals surface area contributed by atoms with Gasteiger partial charge < -0.3 is 19.4 Å². The second kappa shape index (κ2) is 6.37. The highest BCUT2D eigenvalue weighted by Crippen LogP contribution is 2.22. The molecule has 1 fully saturated rings. The summed E-state index contributed by atoms with van der Waals surface area (Å²) in [4.78, 5) is 16.4. The zero-order valence-corrected chi connectivity index (χ0v) is 12.4. The van der Waals surface area contributed by atoms with E-state index in [4.69, 9.17) is 9.47 Å². The lowest BCUT2D eigenvalue weighted by Gasteiger charge is -2.26. The zero-order valence-electron chi connectivity index (χ0n) is 12.4. The van der Waals surface area contributed by atoms with Crippen LogP contribution in [0.15, 0.2) is 17.2 Å². The van der Waals surface area contributed by atoms with Gasteiger partial charge in [-0.2, -0.15) is 0 Å². The molecule has 1 N–H and O–H groups in total. The van der Waals surface area contributed by atoms with Gasteiger partial charge >= 0.3 is 0 Å². The fraction of sp³-hybridized carbons (Fsp3) is 0.714. The van der Waals surface area contributed by atoms with Crippen molar-refractivity contribution in [2.75, 3.05) is 32.2 Å². The molecular weight excluding hydrogens is 258 g/mol. The van der Waals surface area contributed by atoms with Gasteiger partial charge in [0.1, 0.15) is 5.60 Å². The number of aromatic nitrogens is 2. The van der Waals surface area contributed by atoms with Gasteiger partial charge in [-0.15, -0.1) is 0 Å². The standard InChI is InChI=1S/C14H23N3O3/c1-11(2)8-17-6-5-15-12(13(17)18)16-9-14(19-3)4-7-20-10-14/h5-6,11H,4,7-10H2,1-3H3,(H,15,16). The number of hydrogen-bond acceptors (Lipinski definition) is 5. The zero-order chi connectivity index (χ0) is 14.6. The van der Waals surface area contributed by atoms with Crippen LogP contribution in [0.25, 0.3) is 0 Å². The third kappa shape index (κ3) is 3.37. The molecule has 1 aliphatic heterocycles. The summed E-state index contributed by atoms with van der Waals surface area (Å²) in [6.45, 7) is 6.61. The van der Waals surface area contributed by atoms with Gasteiger partial charge in [0.25, 0.3) is 5.56 Å². The van der Waals surface area contributed by atoms with E-state index in [2.05, 4.69) is 24.1 Å². The molecule has 20 heavy (non-hydrogen) atoms.